The summed E-state index contributed by atoms with van der Waals surface area (Å²) < 4.78 is 0. The summed E-state index contributed by atoms with van der Waals surface area (Å²) in [5, 5.41) is 3.31. The second-order valence-electron chi connectivity index (χ2n) is 4.11. The summed E-state index contributed by atoms with van der Waals surface area (Å²) in [6.45, 7) is 3.87. The van der Waals surface area contributed by atoms with Gasteiger partial charge in [-0.25, -0.2) is 0 Å². The smallest absolute Gasteiger partial charge is 0.0136 e. The molecular weight excluding hydrogens is 180 g/mol. The van der Waals surface area contributed by atoms with Crippen LogP contribution in [0.2, 0.25) is 0 Å². The van der Waals surface area contributed by atoms with E-state index in [4.69, 9.17) is 0 Å². The molecule has 2 atom stereocenters. The first kappa shape index (κ1) is 9.81. The highest BCUT2D eigenvalue weighted by Gasteiger charge is 2.35. The minimum Gasteiger partial charge on any atom is -0.319 e. The van der Waals surface area contributed by atoms with Crippen LogP contribution in [0.15, 0.2) is 0 Å². The van der Waals surface area contributed by atoms with Crippen molar-refractivity contribution in [3.63, 3.8) is 0 Å². The molecule has 0 spiro atoms. The maximum absolute atomic E-state index is 3.31. The van der Waals surface area contributed by atoms with Crippen LogP contribution >= 0.6 is 11.8 Å². The number of hydrogen-bond donors (Lipinski definition) is 1. The van der Waals surface area contributed by atoms with Crippen LogP contribution in [0.25, 0.3) is 0 Å². The molecule has 0 amide bonds. The molecule has 0 aromatic carbocycles. The Balaban J connectivity index is 1.78. The number of hydrogen-bond acceptors (Lipinski definition) is 3. The van der Waals surface area contributed by atoms with Crippen LogP contribution in [-0.2, 0) is 0 Å². The third-order valence-electron chi connectivity index (χ3n) is 3.36. The molecule has 1 saturated carbocycles. The normalized spacial score (nSPS) is 35.8. The van der Waals surface area contributed by atoms with E-state index in [0.717, 1.165) is 12.0 Å². The van der Waals surface area contributed by atoms with Crippen molar-refractivity contribution in [3.05, 3.63) is 0 Å². The Hall–Kier alpha value is 0.270. The molecular formula is C10H20N2S. The van der Waals surface area contributed by atoms with E-state index in [0.29, 0.717) is 0 Å². The zero-order valence-corrected chi connectivity index (χ0v) is 9.28. The molecule has 1 heterocycles. The van der Waals surface area contributed by atoms with Crippen LogP contribution in [-0.4, -0.2) is 49.1 Å². The first-order valence-electron chi connectivity index (χ1n) is 5.38. The molecule has 1 aliphatic carbocycles. The highest BCUT2D eigenvalue weighted by atomic mass is 32.2. The van der Waals surface area contributed by atoms with Gasteiger partial charge in [0.05, 0.1) is 0 Å². The van der Waals surface area contributed by atoms with Crippen LogP contribution in [0.5, 0.6) is 0 Å². The van der Waals surface area contributed by atoms with Crippen LogP contribution in [0, 0.1) is 5.92 Å². The van der Waals surface area contributed by atoms with Crippen LogP contribution in [0.4, 0.5) is 0 Å². The molecule has 2 aliphatic rings. The Morgan fingerprint density at radius 1 is 1.31 bits per heavy atom. The van der Waals surface area contributed by atoms with E-state index >= 15 is 0 Å². The SMILES string of the molecule is CNCC1CCC1N1CCSCC1. The Bertz CT molecular complexity index is 157. The maximum Gasteiger partial charge on any atom is 0.0136 e. The highest BCUT2D eigenvalue weighted by molar-refractivity contribution is 7.99. The first-order valence-corrected chi connectivity index (χ1v) is 6.53. The lowest BCUT2D eigenvalue weighted by atomic mass is 9.78. The molecule has 1 saturated heterocycles. The lowest BCUT2D eigenvalue weighted by Gasteiger charge is -2.45. The van der Waals surface area contributed by atoms with Gasteiger partial charge < -0.3 is 5.32 Å². The quantitative estimate of drug-likeness (QED) is 0.732. The minimum absolute atomic E-state index is 0.911. The number of nitrogens with zero attached hydrogens (tertiary/aromatic N) is 1. The fourth-order valence-electron chi connectivity index (χ4n) is 2.44. The predicted molar refractivity (Wildman–Crippen MR) is 59.3 cm³/mol. The van der Waals surface area contributed by atoms with Gasteiger partial charge in [0, 0.05) is 30.6 Å². The van der Waals surface area contributed by atoms with Gasteiger partial charge in [-0.3, -0.25) is 4.90 Å². The minimum atomic E-state index is 0.911. The second-order valence-corrected chi connectivity index (χ2v) is 5.34. The molecule has 3 heteroatoms. The second kappa shape index (κ2) is 4.67. The van der Waals surface area contributed by atoms with Crippen molar-refractivity contribution in [3.8, 4) is 0 Å². The van der Waals surface area contributed by atoms with Crippen molar-refractivity contribution in [2.24, 2.45) is 5.92 Å². The van der Waals surface area contributed by atoms with Crippen molar-refractivity contribution < 1.29 is 0 Å². The topological polar surface area (TPSA) is 15.3 Å². The van der Waals surface area contributed by atoms with Gasteiger partial charge in [0.25, 0.3) is 0 Å². The fourth-order valence-corrected chi connectivity index (χ4v) is 3.37. The molecule has 13 heavy (non-hydrogen) atoms. The molecule has 76 valence electrons. The Kier molecular flexibility index (Phi) is 3.52. The van der Waals surface area contributed by atoms with Gasteiger partial charge in [0.15, 0.2) is 0 Å². The summed E-state index contributed by atoms with van der Waals surface area (Å²) in [5.74, 6) is 3.64. The molecule has 2 nitrogen and oxygen atoms in total. The fraction of sp³-hybridized carbons (Fsp3) is 1.00. The van der Waals surface area contributed by atoms with E-state index in [9.17, 15) is 0 Å². The molecule has 2 rings (SSSR count). The zero-order valence-electron chi connectivity index (χ0n) is 8.46. The summed E-state index contributed by atoms with van der Waals surface area (Å²) >= 11 is 2.11. The molecule has 2 fully saturated rings. The van der Waals surface area contributed by atoms with Crippen molar-refractivity contribution >= 4 is 11.8 Å². The maximum atomic E-state index is 3.31. The van der Waals surface area contributed by atoms with Gasteiger partial charge in [-0.2, -0.15) is 11.8 Å². The van der Waals surface area contributed by atoms with Gasteiger partial charge in [-0.05, 0) is 32.4 Å². The molecule has 0 bridgehead atoms. The average Bonchev–Trinajstić information content (AvgIpc) is 2.14. The summed E-state index contributed by atoms with van der Waals surface area (Å²) in [4.78, 5) is 2.71. The van der Waals surface area contributed by atoms with Gasteiger partial charge in [-0.15, -0.1) is 0 Å². The van der Waals surface area contributed by atoms with Gasteiger partial charge in [-0.1, -0.05) is 0 Å². The van der Waals surface area contributed by atoms with Crippen molar-refractivity contribution in [1.82, 2.24) is 10.2 Å². The van der Waals surface area contributed by atoms with Crippen molar-refractivity contribution in [1.29, 1.82) is 0 Å². The van der Waals surface area contributed by atoms with Crippen LogP contribution in [0.3, 0.4) is 0 Å². The summed E-state index contributed by atoms with van der Waals surface area (Å²) in [6.07, 6.45) is 2.88. The third-order valence-corrected chi connectivity index (χ3v) is 4.30. The van der Waals surface area contributed by atoms with Crippen LogP contribution < -0.4 is 5.32 Å². The van der Waals surface area contributed by atoms with Gasteiger partial charge in [0.2, 0.25) is 0 Å². The summed E-state index contributed by atoms with van der Waals surface area (Å²) in [6, 6.07) is 0.911. The molecule has 2 unspecified atom stereocenters. The predicted octanol–water partition coefficient (Wildman–Crippen LogP) is 1.03. The third kappa shape index (κ3) is 2.20. The van der Waals surface area contributed by atoms with Crippen LogP contribution in [0.1, 0.15) is 12.8 Å². The number of rotatable bonds is 3. The molecule has 0 radical (unpaired) electrons. The van der Waals surface area contributed by atoms with E-state index < -0.39 is 0 Å². The molecule has 1 N–H and O–H groups in total. The molecule has 0 aromatic rings. The Morgan fingerprint density at radius 3 is 2.62 bits per heavy atom. The number of nitrogens with one attached hydrogen (secondary N) is 1. The van der Waals surface area contributed by atoms with E-state index in [1.807, 2.05) is 0 Å². The molecule has 1 aliphatic heterocycles. The lowest BCUT2D eigenvalue weighted by Crippen LogP contribution is -2.52. The average molecular weight is 200 g/mol. The van der Waals surface area contributed by atoms with Crippen molar-refractivity contribution in [2.45, 2.75) is 18.9 Å². The monoisotopic (exact) mass is 200 g/mol. The van der Waals surface area contributed by atoms with Crippen molar-refractivity contribution in [2.75, 3.05) is 38.2 Å². The summed E-state index contributed by atoms with van der Waals surface area (Å²) in [5.41, 5.74) is 0. The molecule has 0 aromatic heterocycles. The standard InChI is InChI=1S/C10H20N2S/c1-11-8-9-2-3-10(9)12-4-6-13-7-5-12/h9-11H,2-8H2,1H3. The van der Waals surface area contributed by atoms with E-state index in [1.165, 1.54) is 44.0 Å². The zero-order chi connectivity index (χ0) is 9.10. The van der Waals surface area contributed by atoms with E-state index in [1.54, 1.807) is 0 Å². The highest BCUT2D eigenvalue weighted by Crippen LogP contribution is 2.32. The lowest BCUT2D eigenvalue weighted by molar-refractivity contribution is 0.0715. The van der Waals surface area contributed by atoms with Gasteiger partial charge in [0.1, 0.15) is 0 Å². The van der Waals surface area contributed by atoms with E-state index in [2.05, 4.69) is 29.0 Å². The Morgan fingerprint density at radius 2 is 2.08 bits per heavy atom. The van der Waals surface area contributed by atoms with Gasteiger partial charge >= 0.3 is 0 Å². The largest absolute Gasteiger partial charge is 0.319 e. The Labute approximate surface area is 85.4 Å². The number of thioether (sulfide) groups is 1. The summed E-state index contributed by atoms with van der Waals surface area (Å²) in [7, 11) is 2.07. The first-order chi connectivity index (χ1) is 6.42. The van der Waals surface area contributed by atoms with E-state index in [-0.39, 0.29) is 0 Å².